The Kier molecular flexibility index (Phi) is 5.81. The SMILES string of the molecule is CC(C)c1ccc(-n2ccnc2SCCC(=O)NC(N)=O)cc1. The Labute approximate surface area is 139 Å². The van der Waals surface area contributed by atoms with Crippen LogP contribution >= 0.6 is 11.8 Å². The van der Waals surface area contributed by atoms with E-state index in [1.54, 1.807) is 6.20 Å². The zero-order chi connectivity index (χ0) is 16.8. The third kappa shape index (κ3) is 4.85. The summed E-state index contributed by atoms with van der Waals surface area (Å²) in [7, 11) is 0. The topological polar surface area (TPSA) is 90.0 Å². The molecule has 0 aliphatic heterocycles. The van der Waals surface area contributed by atoms with Gasteiger partial charge in [-0.25, -0.2) is 9.78 Å². The molecule has 2 aromatic rings. The summed E-state index contributed by atoms with van der Waals surface area (Å²) in [5, 5.41) is 2.85. The number of urea groups is 1. The molecule has 1 aromatic heterocycles. The molecule has 0 bridgehead atoms. The third-order valence-corrected chi connectivity index (χ3v) is 4.24. The first kappa shape index (κ1) is 17.1. The largest absolute Gasteiger partial charge is 0.351 e. The molecule has 0 fully saturated rings. The van der Waals surface area contributed by atoms with E-state index in [1.165, 1.54) is 17.3 Å². The van der Waals surface area contributed by atoms with Crippen molar-refractivity contribution in [3.05, 3.63) is 42.2 Å². The lowest BCUT2D eigenvalue weighted by molar-refractivity contribution is -0.119. The lowest BCUT2D eigenvalue weighted by Gasteiger charge is -2.10. The number of carbonyl (C=O) groups is 2. The van der Waals surface area contributed by atoms with Crippen LogP contribution in [-0.4, -0.2) is 27.2 Å². The van der Waals surface area contributed by atoms with Crippen LogP contribution in [-0.2, 0) is 4.79 Å². The van der Waals surface area contributed by atoms with E-state index in [1.807, 2.05) is 16.1 Å². The lowest BCUT2D eigenvalue weighted by atomic mass is 10.0. The summed E-state index contributed by atoms with van der Waals surface area (Å²) < 4.78 is 1.97. The number of thioether (sulfide) groups is 1. The van der Waals surface area contributed by atoms with Crippen molar-refractivity contribution in [2.75, 3.05) is 5.75 Å². The molecule has 1 heterocycles. The number of carbonyl (C=O) groups excluding carboxylic acids is 2. The van der Waals surface area contributed by atoms with E-state index in [0.717, 1.165) is 10.8 Å². The molecular weight excluding hydrogens is 312 g/mol. The highest BCUT2D eigenvalue weighted by Gasteiger charge is 2.09. The smallest absolute Gasteiger partial charge is 0.318 e. The van der Waals surface area contributed by atoms with Crippen LogP contribution in [0.4, 0.5) is 4.79 Å². The Balaban J connectivity index is 1.99. The molecule has 122 valence electrons. The second-order valence-electron chi connectivity index (χ2n) is 5.34. The normalized spacial score (nSPS) is 10.7. The predicted molar refractivity (Wildman–Crippen MR) is 90.7 cm³/mol. The average Bonchev–Trinajstić information content (AvgIpc) is 2.95. The van der Waals surface area contributed by atoms with E-state index in [2.05, 4.69) is 43.1 Å². The number of hydrogen-bond donors (Lipinski definition) is 2. The van der Waals surface area contributed by atoms with Gasteiger partial charge in [0.2, 0.25) is 5.91 Å². The molecule has 0 atom stereocenters. The molecule has 0 saturated heterocycles. The quantitative estimate of drug-likeness (QED) is 0.796. The van der Waals surface area contributed by atoms with Gasteiger partial charge in [-0.2, -0.15) is 0 Å². The number of hydrogen-bond acceptors (Lipinski definition) is 4. The van der Waals surface area contributed by atoms with Gasteiger partial charge in [0.25, 0.3) is 0 Å². The summed E-state index contributed by atoms with van der Waals surface area (Å²) in [4.78, 5) is 26.3. The van der Waals surface area contributed by atoms with Crippen molar-refractivity contribution in [1.82, 2.24) is 14.9 Å². The molecular formula is C16H20N4O2S. The number of nitrogens with one attached hydrogen (secondary N) is 1. The van der Waals surface area contributed by atoms with Crippen molar-refractivity contribution < 1.29 is 9.59 Å². The number of amides is 3. The molecule has 1 aromatic carbocycles. The molecule has 0 spiro atoms. The van der Waals surface area contributed by atoms with Gasteiger partial charge in [0, 0.05) is 30.3 Å². The Bertz CT molecular complexity index is 680. The number of imide groups is 1. The first-order valence-electron chi connectivity index (χ1n) is 7.33. The molecule has 23 heavy (non-hydrogen) atoms. The second kappa shape index (κ2) is 7.82. The van der Waals surface area contributed by atoms with Gasteiger partial charge in [-0.05, 0) is 23.6 Å². The van der Waals surface area contributed by atoms with Gasteiger partial charge in [-0.15, -0.1) is 0 Å². The molecule has 0 unspecified atom stereocenters. The highest BCUT2D eigenvalue weighted by Crippen LogP contribution is 2.22. The summed E-state index contributed by atoms with van der Waals surface area (Å²) in [6.07, 6.45) is 3.81. The molecule has 0 saturated carbocycles. The van der Waals surface area contributed by atoms with Crippen LogP contribution in [0.15, 0.2) is 41.8 Å². The molecule has 0 aliphatic rings. The number of nitrogens with zero attached hydrogens (tertiary/aromatic N) is 2. The highest BCUT2D eigenvalue weighted by atomic mass is 32.2. The van der Waals surface area contributed by atoms with Gasteiger partial charge in [0.1, 0.15) is 0 Å². The van der Waals surface area contributed by atoms with Crippen molar-refractivity contribution in [3.8, 4) is 5.69 Å². The lowest BCUT2D eigenvalue weighted by Crippen LogP contribution is -2.35. The van der Waals surface area contributed by atoms with Crippen LogP contribution in [0.5, 0.6) is 0 Å². The van der Waals surface area contributed by atoms with Gasteiger partial charge in [0.05, 0.1) is 0 Å². The van der Waals surface area contributed by atoms with Gasteiger partial charge in [-0.1, -0.05) is 37.7 Å². The Hall–Kier alpha value is -2.28. The fraction of sp³-hybridized carbons (Fsp3) is 0.312. The highest BCUT2D eigenvalue weighted by molar-refractivity contribution is 7.99. The van der Waals surface area contributed by atoms with E-state index in [0.29, 0.717) is 11.7 Å². The summed E-state index contributed by atoms with van der Waals surface area (Å²) >= 11 is 1.45. The maximum absolute atomic E-state index is 11.4. The summed E-state index contributed by atoms with van der Waals surface area (Å²) in [5.74, 6) is 0.620. The second-order valence-corrected chi connectivity index (χ2v) is 6.40. The number of nitrogens with two attached hydrogens (primary N) is 1. The zero-order valence-corrected chi connectivity index (χ0v) is 14.0. The molecule has 3 amide bonds. The third-order valence-electron chi connectivity index (χ3n) is 3.27. The Morgan fingerprint density at radius 2 is 2.00 bits per heavy atom. The molecule has 3 N–H and O–H groups in total. The summed E-state index contributed by atoms with van der Waals surface area (Å²) in [6.45, 7) is 4.31. The molecule has 2 rings (SSSR count). The maximum atomic E-state index is 11.4. The van der Waals surface area contributed by atoms with Gasteiger partial charge in [0.15, 0.2) is 5.16 Å². The molecule has 6 nitrogen and oxygen atoms in total. The van der Waals surface area contributed by atoms with Gasteiger partial charge >= 0.3 is 6.03 Å². The number of rotatable bonds is 6. The van der Waals surface area contributed by atoms with Gasteiger partial charge in [-0.3, -0.25) is 14.7 Å². The van der Waals surface area contributed by atoms with E-state index in [4.69, 9.17) is 5.73 Å². The van der Waals surface area contributed by atoms with Crippen molar-refractivity contribution in [3.63, 3.8) is 0 Å². The maximum Gasteiger partial charge on any atom is 0.318 e. The van der Waals surface area contributed by atoms with Crippen molar-refractivity contribution in [1.29, 1.82) is 0 Å². The first-order valence-corrected chi connectivity index (χ1v) is 8.31. The van der Waals surface area contributed by atoms with Crippen molar-refractivity contribution in [2.45, 2.75) is 31.3 Å². The van der Waals surface area contributed by atoms with Crippen LogP contribution in [0.25, 0.3) is 5.69 Å². The predicted octanol–water partition coefficient (Wildman–Crippen LogP) is 2.67. The Morgan fingerprint density at radius 1 is 1.30 bits per heavy atom. The van der Waals surface area contributed by atoms with E-state index in [9.17, 15) is 9.59 Å². The van der Waals surface area contributed by atoms with Crippen LogP contribution in [0.2, 0.25) is 0 Å². The van der Waals surface area contributed by atoms with Crippen molar-refractivity contribution >= 4 is 23.7 Å². The van der Waals surface area contributed by atoms with Crippen LogP contribution in [0.1, 0.15) is 31.7 Å². The fourth-order valence-electron chi connectivity index (χ4n) is 2.05. The van der Waals surface area contributed by atoms with Crippen LogP contribution in [0.3, 0.4) is 0 Å². The number of aromatic nitrogens is 2. The minimum absolute atomic E-state index is 0.201. The summed E-state index contributed by atoms with van der Waals surface area (Å²) in [5.41, 5.74) is 7.21. The number of primary amides is 1. The zero-order valence-electron chi connectivity index (χ0n) is 13.2. The first-order chi connectivity index (χ1) is 11.0. The number of imidazole rings is 1. The molecule has 0 aliphatic carbocycles. The van der Waals surface area contributed by atoms with E-state index in [-0.39, 0.29) is 12.3 Å². The van der Waals surface area contributed by atoms with Gasteiger partial charge < -0.3 is 5.73 Å². The van der Waals surface area contributed by atoms with Crippen LogP contribution in [0, 0.1) is 0 Å². The Morgan fingerprint density at radius 3 is 2.61 bits per heavy atom. The fourth-order valence-corrected chi connectivity index (χ4v) is 2.96. The van der Waals surface area contributed by atoms with E-state index < -0.39 is 6.03 Å². The van der Waals surface area contributed by atoms with E-state index >= 15 is 0 Å². The average molecular weight is 332 g/mol. The molecule has 7 heteroatoms. The minimum Gasteiger partial charge on any atom is -0.351 e. The minimum atomic E-state index is -0.827. The standard InChI is InChI=1S/C16H20N4O2S/c1-11(2)12-3-5-13(6-4-12)20-9-8-18-16(20)23-10-7-14(21)19-15(17)22/h3-6,8-9,11H,7,10H2,1-2H3,(H3,17,19,21,22). The molecule has 0 radical (unpaired) electrons. The number of benzene rings is 1. The summed E-state index contributed by atoms with van der Waals surface area (Å²) in [6, 6.07) is 7.50. The monoisotopic (exact) mass is 332 g/mol. The van der Waals surface area contributed by atoms with Crippen molar-refractivity contribution in [2.24, 2.45) is 5.73 Å². The van der Waals surface area contributed by atoms with Crippen LogP contribution < -0.4 is 11.1 Å².